The van der Waals surface area contributed by atoms with E-state index in [1.807, 2.05) is 0 Å². The minimum atomic E-state index is -0.612. The van der Waals surface area contributed by atoms with Gasteiger partial charge in [0.05, 0.1) is 7.11 Å². The van der Waals surface area contributed by atoms with Crippen LogP contribution in [0.25, 0.3) is 0 Å². The molecule has 0 unspecified atom stereocenters. The van der Waals surface area contributed by atoms with Gasteiger partial charge in [-0.3, -0.25) is 0 Å². The van der Waals surface area contributed by atoms with Gasteiger partial charge in [0.2, 0.25) is 0 Å². The van der Waals surface area contributed by atoms with Crippen molar-refractivity contribution in [1.82, 2.24) is 0 Å². The Hall–Kier alpha value is -0.770. The number of methoxy groups -OCH3 is 1. The van der Waals surface area contributed by atoms with Crippen molar-refractivity contribution in [3.8, 4) is 5.75 Å². The summed E-state index contributed by atoms with van der Waals surface area (Å²) < 4.78 is 29.8. The summed E-state index contributed by atoms with van der Waals surface area (Å²) in [5.41, 5.74) is 0. The molecule has 60 valence electrons. The van der Waals surface area contributed by atoms with Gasteiger partial charge in [-0.05, 0) is 6.07 Å². The highest BCUT2D eigenvalue weighted by Crippen LogP contribution is 2.22. The molecule has 0 atom stereocenters. The van der Waals surface area contributed by atoms with Crippen molar-refractivity contribution in [2.24, 2.45) is 0 Å². The molecule has 0 fully saturated rings. The fourth-order valence-electron chi connectivity index (χ4n) is 0.675. The first-order valence-electron chi connectivity index (χ1n) is 2.87. The number of hydrogen-bond donors (Lipinski definition) is 1. The Labute approximate surface area is 68.4 Å². The molecule has 0 amide bonds. The normalized spacial score (nSPS) is 9.82. The predicted molar refractivity (Wildman–Crippen MR) is 40.2 cm³/mol. The van der Waals surface area contributed by atoms with Crippen molar-refractivity contribution in [1.29, 1.82) is 0 Å². The quantitative estimate of drug-likeness (QED) is 0.646. The van der Waals surface area contributed by atoms with Crippen molar-refractivity contribution >= 4 is 12.6 Å². The van der Waals surface area contributed by atoms with E-state index in [1.165, 1.54) is 7.11 Å². The molecule has 0 bridgehead atoms. The molecule has 0 heterocycles. The van der Waals surface area contributed by atoms with Crippen molar-refractivity contribution in [3.05, 3.63) is 23.8 Å². The van der Waals surface area contributed by atoms with Crippen LogP contribution in [0.15, 0.2) is 17.0 Å². The van der Waals surface area contributed by atoms with Gasteiger partial charge in [-0.15, -0.1) is 12.6 Å². The zero-order valence-corrected chi connectivity index (χ0v) is 6.66. The van der Waals surface area contributed by atoms with E-state index in [-0.39, 0.29) is 10.6 Å². The number of benzene rings is 1. The van der Waals surface area contributed by atoms with Gasteiger partial charge in [0.25, 0.3) is 0 Å². The fraction of sp³-hybridized carbons (Fsp3) is 0.143. The molecule has 1 aromatic carbocycles. The predicted octanol–water partition coefficient (Wildman–Crippen LogP) is 2.26. The Bertz CT molecular complexity index is 275. The molecule has 1 aromatic rings. The van der Waals surface area contributed by atoms with E-state index in [4.69, 9.17) is 0 Å². The first-order chi connectivity index (χ1) is 5.15. The Morgan fingerprint density at radius 2 is 1.91 bits per heavy atom. The van der Waals surface area contributed by atoms with E-state index in [1.54, 1.807) is 0 Å². The Kier molecular flexibility index (Phi) is 2.34. The third kappa shape index (κ3) is 1.63. The number of hydrogen-bond acceptors (Lipinski definition) is 2. The first kappa shape index (κ1) is 8.33. The van der Waals surface area contributed by atoms with Gasteiger partial charge in [-0.1, -0.05) is 0 Å². The molecule has 1 nitrogen and oxygen atoms in total. The molecule has 0 aromatic heterocycles. The molecule has 11 heavy (non-hydrogen) atoms. The third-order valence-corrected chi connectivity index (χ3v) is 1.56. The van der Waals surface area contributed by atoms with Crippen LogP contribution in [0.1, 0.15) is 0 Å². The van der Waals surface area contributed by atoms with Crippen LogP contribution < -0.4 is 4.74 Å². The average molecular weight is 176 g/mol. The van der Waals surface area contributed by atoms with Crippen LogP contribution in [-0.4, -0.2) is 7.11 Å². The fourth-order valence-corrected chi connectivity index (χ4v) is 0.852. The van der Waals surface area contributed by atoms with Gasteiger partial charge in [-0.2, -0.15) is 0 Å². The molecular formula is C7H6F2OS. The summed E-state index contributed by atoms with van der Waals surface area (Å²) in [6.07, 6.45) is 0. The maximum absolute atomic E-state index is 12.7. The van der Waals surface area contributed by atoms with Crippen molar-refractivity contribution in [3.63, 3.8) is 0 Å². The molecule has 0 aliphatic rings. The molecule has 0 saturated heterocycles. The summed E-state index contributed by atoms with van der Waals surface area (Å²) in [5.74, 6) is -1.31. The van der Waals surface area contributed by atoms with Gasteiger partial charge < -0.3 is 4.74 Å². The standard InChI is InChI=1S/C7H6F2OS/c1-10-6-2-5(9)7(11)3-4(6)8/h2-3,11H,1H3. The van der Waals surface area contributed by atoms with Gasteiger partial charge in [0.1, 0.15) is 5.82 Å². The molecule has 4 heteroatoms. The molecular weight excluding hydrogens is 170 g/mol. The lowest BCUT2D eigenvalue weighted by Gasteiger charge is -2.02. The zero-order valence-electron chi connectivity index (χ0n) is 5.77. The molecule has 0 aliphatic carbocycles. The van der Waals surface area contributed by atoms with Gasteiger partial charge in [-0.25, -0.2) is 8.78 Å². The molecule has 0 spiro atoms. The average Bonchev–Trinajstić information content (AvgIpc) is 1.97. The van der Waals surface area contributed by atoms with Crippen LogP contribution in [0.3, 0.4) is 0 Å². The molecule has 0 saturated carbocycles. The van der Waals surface area contributed by atoms with Crippen LogP contribution in [-0.2, 0) is 0 Å². The van der Waals surface area contributed by atoms with Crippen molar-refractivity contribution in [2.75, 3.05) is 7.11 Å². The second-order valence-electron chi connectivity index (χ2n) is 1.94. The topological polar surface area (TPSA) is 9.23 Å². The number of thiol groups is 1. The lowest BCUT2D eigenvalue weighted by atomic mass is 10.3. The Balaban J connectivity index is 3.21. The van der Waals surface area contributed by atoms with E-state index < -0.39 is 11.6 Å². The third-order valence-electron chi connectivity index (χ3n) is 1.22. The molecule has 0 aliphatic heterocycles. The highest BCUT2D eigenvalue weighted by Gasteiger charge is 2.06. The van der Waals surface area contributed by atoms with Crippen LogP contribution in [0.2, 0.25) is 0 Å². The van der Waals surface area contributed by atoms with Crippen molar-refractivity contribution in [2.45, 2.75) is 4.90 Å². The summed E-state index contributed by atoms with van der Waals surface area (Å²) >= 11 is 3.68. The maximum Gasteiger partial charge on any atom is 0.166 e. The summed E-state index contributed by atoms with van der Waals surface area (Å²) in [4.78, 5) is -0.0247. The Morgan fingerprint density at radius 3 is 2.45 bits per heavy atom. The van der Waals surface area contributed by atoms with Gasteiger partial charge in [0.15, 0.2) is 11.6 Å². The number of halogens is 2. The van der Waals surface area contributed by atoms with E-state index in [0.29, 0.717) is 0 Å². The maximum atomic E-state index is 12.7. The van der Waals surface area contributed by atoms with Crippen molar-refractivity contribution < 1.29 is 13.5 Å². The lowest BCUT2D eigenvalue weighted by molar-refractivity contribution is 0.380. The monoisotopic (exact) mass is 176 g/mol. The minimum absolute atomic E-state index is 0.0247. The van der Waals surface area contributed by atoms with Crippen LogP contribution in [0, 0.1) is 11.6 Å². The summed E-state index contributed by atoms with van der Waals surface area (Å²) in [7, 11) is 1.27. The summed E-state index contributed by atoms with van der Waals surface area (Å²) in [6, 6.07) is 1.93. The van der Waals surface area contributed by atoms with Gasteiger partial charge >= 0.3 is 0 Å². The van der Waals surface area contributed by atoms with E-state index in [0.717, 1.165) is 12.1 Å². The zero-order chi connectivity index (χ0) is 8.43. The van der Waals surface area contributed by atoms with Crippen LogP contribution >= 0.6 is 12.6 Å². The highest BCUT2D eigenvalue weighted by atomic mass is 32.1. The Morgan fingerprint density at radius 1 is 1.27 bits per heavy atom. The number of rotatable bonds is 1. The van der Waals surface area contributed by atoms with E-state index >= 15 is 0 Å². The summed E-state index contributed by atoms with van der Waals surface area (Å²) in [6.45, 7) is 0. The summed E-state index contributed by atoms with van der Waals surface area (Å²) in [5, 5.41) is 0. The smallest absolute Gasteiger partial charge is 0.166 e. The molecule has 0 N–H and O–H groups in total. The van der Waals surface area contributed by atoms with E-state index in [9.17, 15) is 8.78 Å². The first-order valence-corrected chi connectivity index (χ1v) is 3.32. The molecule has 1 rings (SSSR count). The van der Waals surface area contributed by atoms with E-state index in [2.05, 4.69) is 17.4 Å². The lowest BCUT2D eigenvalue weighted by Crippen LogP contribution is -1.90. The minimum Gasteiger partial charge on any atom is -0.494 e. The second kappa shape index (κ2) is 3.09. The van der Waals surface area contributed by atoms with Crippen LogP contribution in [0.5, 0.6) is 5.75 Å². The van der Waals surface area contributed by atoms with Crippen LogP contribution in [0.4, 0.5) is 8.78 Å². The number of ether oxygens (including phenoxy) is 1. The van der Waals surface area contributed by atoms with Gasteiger partial charge in [0, 0.05) is 11.0 Å². The highest BCUT2D eigenvalue weighted by molar-refractivity contribution is 7.80. The molecule has 0 radical (unpaired) electrons. The second-order valence-corrected chi connectivity index (χ2v) is 2.42. The largest absolute Gasteiger partial charge is 0.494 e. The SMILES string of the molecule is COc1cc(F)c(S)cc1F.